The summed E-state index contributed by atoms with van der Waals surface area (Å²) in [5.74, 6) is -2.11. The van der Waals surface area contributed by atoms with Gasteiger partial charge in [-0.1, -0.05) is 0 Å². The Kier molecular flexibility index (Phi) is 4.24. The average Bonchev–Trinajstić information content (AvgIpc) is 2.09. The fraction of sp³-hybridized carbons (Fsp3) is 0.667. The second-order valence-corrected chi connectivity index (χ2v) is 3.86. The van der Waals surface area contributed by atoms with Gasteiger partial charge in [-0.3, -0.25) is 9.59 Å². The highest BCUT2D eigenvalue weighted by molar-refractivity contribution is 5.88. The van der Waals surface area contributed by atoms with Gasteiger partial charge in [-0.15, -0.1) is 0 Å². The zero-order valence-corrected chi connectivity index (χ0v) is 8.73. The highest BCUT2D eigenvalue weighted by atomic mass is 16.4. The second kappa shape index (κ2) is 5.45. The highest BCUT2D eigenvalue weighted by Crippen LogP contribution is 2.08. The zero-order valence-electron chi connectivity index (χ0n) is 8.73. The summed E-state index contributed by atoms with van der Waals surface area (Å²) in [6, 6.07) is -1.22. The lowest BCUT2D eigenvalue weighted by Gasteiger charge is -2.26. The molecule has 0 radical (unpaired) electrons. The molecule has 1 saturated heterocycles. The van der Waals surface area contributed by atoms with E-state index in [0.29, 0.717) is 0 Å². The number of nitrogens with one attached hydrogen (secondary N) is 2. The molecule has 90 valence electrons. The Bertz CT molecular complexity index is 301. The van der Waals surface area contributed by atoms with E-state index in [2.05, 4.69) is 10.6 Å². The molecule has 0 bridgehead atoms. The first-order valence-corrected chi connectivity index (χ1v) is 5.00. The lowest BCUT2D eigenvalue weighted by molar-refractivity contribution is -0.143. The molecular weight excluding hydrogens is 214 g/mol. The number of hydrogen-bond donors (Lipinski definition) is 4. The van der Waals surface area contributed by atoms with E-state index >= 15 is 0 Å². The number of amides is 2. The van der Waals surface area contributed by atoms with Gasteiger partial charge in [0.2, 0.25) is 11.8 Å². The van der Waals surface area contributed by atoms with Crippen LogP contribution in [0.2, 0.25) is 0 Å². The van der Waals surface area contributed by atoms with Crippen molar-refractivity contribution in [3.8, 4) is 0 Å². The van der Waals surface area contributed by atoms with Gasteiger partial charge in [0.05, 0.1) is 6.42 Å². The Hall–Kier alpha value is -1.63. The van der Waals surface area contributed by atoms with Crippen LogP contribution in [0.15, 0.2) is 0 Å². The molecule has 1 aliphatic heterocycles. The Labute approximate surface area is 92.4 Å². The van der Waals surface area contributed by atoms with E-state index in [-0.39, 0.29) is 24.7 Å². The lowest BCUT2D eigenvalue weighted by atomic mass is 9.99. The first kappa shape index (κ1) is 12.4. The molecule has 1 rings (SSSR count). The Balaban J connectivity index is 2.37. The number of hydrogen-bond acceptors (Lipinski definition) is 4. The SMILES string of the molecule is NC(=O)C[C@@H](NC(=O)CC1CNC1)C(=O)O. The number of primary amides is 1. The third-order valence-electron chi connectivity index (χ3n) is 2.38. The van der Waals surface area contributed by atoms with E-state index in [4.69, 9.17) is 10.8 Å². The first-order valence-electron chi connectivity index (χ1n) is 5.00. The van der Waals surface area contributed by atoms with Gasteiger partial charge in [-0.25, -0.2) is 4.79 Å². The van der Waals surface area contributed by atoms with Crippen LogP contribution in [0, 0.1) is 5.92 Å². The Morgan fingerprint density at radius 3 is 2.44 bits per heavy atom. The Morgan fingerprint density at radius 1 is 1.44 bits per heavy atom. The van der Waals surface area contributed by atoms with E-state index in [1.165, 1.54) is 0 Å². The van der Waals surface area contributed by atoms with Crippen LogP contribution >= 0.6 is 0 Å². The molecule has 1 aliphatic rings. The zero-order chi connectivity index (χ0) is 12.1. The molecule has 0 aliphatic carbocycles. The molecule has 5 N–H and O–H groups in total. The molecule has 1 fully saturated rings. The minimum atomic E-state index is -1.25. The quantitative estimate of drug-likeness (QED) is 0.421. The number of aliphatic carboxylic acids is 1. The van der Waals surface area contributed by atoms with E-state index in [9.17, 15) is 14.4 Å². The summed E-state index contributed by atoms with van der Waals surface area (Å²) in [6.07, 6.45) is -0.112. The summed E-state index contributed by atoms with van der Waals surface area (Å²) in [5, 5.41) is 14.0. The number of carboxylic acid groups (broad SMARTS) is 1. The van der Waals surface area contributed by atoms with E-state index in [1.54, 1.807) is 0 Å². The summed E-state index contributed by atoms with van der Waals surface area (Å²) in [7, 11) is 0. The number of carbonyl (C=O) groups is 3. The van der Waals surface area contributed by atoms with E-state index < -0.39 is 17.9 Å². The molecule has 0 saturated carbocycles. The van der Waals surface area contributed by atoms with Crippen molar-refractivity contribution in [2.24, 2.45) is 11.7 Å². The highest BCUT2D eigenvalue weighted by Gasteiger charge is 2.25. The van der Waals surface area contributed by atoms with Crippen molar-refractivity contribution in [3.05, 3.63) is 0 Å². The van der Waals surface area contributed by atoms with Crippen molar-refractivity contribution in [3.63, 3.8) is 0 Å². The molecule has 7 heteroatoms. The first-order chi connectivity index (χ1) is 7.49. The maximum Gasteiger partial charge on any atom is 0.326 e. The summed E-state index contributed by atoms with van der Waals surface area (Å²) in [5.41, 5.74) is 4.88. The van der Waals surface area contributed by atoms with Crippen LogP contribution in [0.1, 0.15) is 12.8 Å². The number of carboxylic acids is 1. The summed E-state index contributed by atoms with van der Waals surface area (Å²) in [6.45, 7) is 1.53. The van der Waals surface area contributed by atoms with E-state index in [1.807, 2.05) is 0 Å². The molecule has 7 nitrogen and oxygen atoms in total. The van der Waals surface area contributed by atoms with Crippen molar-refractivity contribution < 1.29 is 19.5 Å². The molecule has 1 atom stereocenters. The fourth-order valence-corrected chi connectivity index (χ4v) is 1.41. The van der Waals surface area contributed by atoms with Crippen LogP contribution in [0.25, 0.3) is 0 Å². The number of rotatable bonds is 6. The van der Waals surface area contributed by atoms with Gasteiger partial charge in [-0.2, -0.15) is 0 Å². The molecule has 2 amide bonds. The van der Waals surface area contributed by atoms with Crippen LogP contribution in [0.5, 0.6) is 0 Å². The van der Waals surface area contributed by atoms with Gasteiger partial charge in [-0.05, 0) is 19.0 Å². The van der Waals surface area contributed by atoms with Gasteiger partial charge in [0.15, 0.2) is 0 Å². The molecular formula is C9H15N3O4. The van der Waals surface area contributed by atoms with Crippen molar-refractivity contribution in [1.82, 2.24) is 10.6 Å². The normalized spacial score (nSPS) is 17.2. The van der Waals surface area contributed by atoms with E-state index in [0.717, 1.165) is 13.1 Å². The summed E-state index contributed by atoms with van der Waals surface area (Å²) < 4.78 is 0. The lowest BCUT2D eigenvalue weighted by Crippen LogP contribution is -2.48. The van der Waals surface area contributed by atoms with Crippen LogP contribution in [0.4, 0.5) is 0 Å². The Morgan fingerprint density at radius 2 is 2.06 bits per heavy atom. The van der Waals surface area contributed by atoms with Gasteiger partial charge < -0.3 is 21.5 Å². The smallest absolute Gasteiger partial charge is 0.326 e. The monoisotopic (exact) mass is 229 g/mol. The minimum absolute atomic E-state index is 0.253. The summed E-state index contributed by atoms with van der Waals surface area (Å²) in [4.78, 5) is 32.7. The molecule has 1 heterocycles. The number of nitrogens with two attached hydrogens (primary N) is 1. The molecule has 0 unspecified atom stereocenters. The summed E-state index contributed by atoms with van der Waals surface area (Å²) >= 11 is 0. The molecule has 0 aromatic carbocycles. The van der Waals surface area contributed by atoms with Crippen molar-refractivity contribution >= 4 is 17.8 Å². The molecule has 0 spiro atoms. The second-order valence-electron chi connectivity index (χ2n) is 3.86. The van der Waals surface area contributed by atoms with Crippen LogP contribution < -0.4 is 16.4 Å². The average molecular weight is 229 g/mol. The molecule has 0 aromatic heterocycles. The van der Waals surface area contributed by atoms with Crippen molar-refractivity contribution in [1.29, 1.82) is 0 Å². The third kappa shape index (κ3) is 3.85. The minimum Gasteiger partial charge on any atom is -0.480 e. The standard InChI is InChI=1S/C9H15N3O4/c10-7(13)2-6(9(15)16)12-8(14)1-5-3-11-4-5/h5-6,11H,1-4H2,(H2,10,13)(H,12,14)(H,15,16)/t6-/m1/s1. The largest absolute Gasteiger partial charge is 0.480 e. The van der Waals surface area contributed by atoms with Gasteiger partial charge in [0.25, 0.3) is 0 Å². The van der Waals surface area contributed by atoms with Crippen molar-refractivity contribution in [2.45, 2.75) is 18.9 Å². The predicted octanol–water partition coefficient (Wildman–Crippen LogP) is -1.96. The topological polar surface area (TPSA) is 122 Å². The van der Waals surface area contributed by atoms with Gasteiger partial charge >= 0.3 is 5.97 Å². The number of carbonyl (C=O) groups excluding carboxylic acids is 2. The molecule has 16 heavy (non-hydrogen) atoms. The maximum absolute atomic E-state index is 11.4. The van der Waals surface area contributed by atoms with Crippen LogP contribution in [-0.4, -0.2) is 42.0 Å². The van der Waals surface area contributed by atoms with Crippen LogP contribution in [0.3, 0.4) is 0 Å². The van der Waals surface area contributed by atoms with Crippen LogP contribution in [-0.2, 0) is 14.4 Å². The predicted molar refractivity (Wildman–Crippen MR) is 54.4 cm³/mol. The maximum atomic E-state index is 11.4. The fourth-order valence-electron chi connectivity index (χ4n) is 1.41. The van der Waals surface area contributed by atoms with Crippen molar-refractivity contribution in [2.75, 3.05) is 13.1 Å². The van der Waals surface area contributed by atoms with Gasteiger partial charge in [0, 0.05) is 6.42 Å². The third-order valence-corrected chi connectivity index (χ3v) is 2.38. The molecule has 0 aromatic rings. The van der Waals surface area contributed by atoms with Gasteiger partial charge in [0.1, 0.15) is 6.04 Å².